The summed E-state index contributed by atoms with van der Waals surface area (Å²) in [4.78, 5) is 11.8. The molecule has 3 N–H and O–H groups in total. The van der Waals surface area contributed by atoms with E-state index in [1.165, 1.54) is 0 Å². The predicted octanol–water partition coefficient (Wildman–Crippen LogP) is 1.38. The molecule has 0 aliphatic carbocycles. The van der Waals surface area contributed by atoms with Crippen LogP contribution in [0.25, 0.3) is 0 Å². The van der Waals surface area contributed by atoms with Crippen LogP contribution in [0.3, 0.4) is 0 Å². The van der Waals surface area contributed by atoms with Crippen LogP contribution in [0.2, 0.25) is 0 Å². The van der Waals surface area contributed by atoms with Gasteiger partial charge < -0.3 is 15.6 Å². The third-order valence-corrected chi connectivity index (χ3v) is 2.77. The predicted molar refractivity (Wildman–Crippen MR) is 71.1 cm³/mol. The Bertz CT molecular complexity index is 488. The number of benzene rings is 1. The van der Waals surface area contributed by atoms with Crippen molar-refractivity contribution in [3.8, 4) is 0 Å². The third kappa shape index (κ3) is 3.21. The van der Waals surface area contributed by atoms with Crippen LogP contribution in [0.15, 0.2) is 48.8 Å². The Morgan fingerprint density at radius 2 is 1.83 bits per heavy atom. The van der Waals surface area contributed by atoms with Gasteiger partial charge in [0.15, 0.2) is 0 Å². The average molecular weight is 243 g/mol. The summed E-state index contributed by atoms with van der Waals surface area (Å²) in [5.41, 5.74) is 7.20. The first-order chi connectivity index (χ1) is 8.79. The summed E-state index contributed by atoms with van der Waals surface area (Å²) < 4.78 is 2.03. The molecule has 0 atom stereocenters. The molecule has 0 bridgehead atoms. The zero-order valence-electron chi connectivity index (χ0n) is 10.2. The monoisotopic (exact) mass is 243 g/mol. The van der Waals surface area contributed by atoms with Crippen molar-refractivity contribution in [1.29, 1.82) is 0 Å². The number of carbonyl (C=O) groups is 1. The van der Waals surface area contributed by atoms with Gasteiger partial charge in [-0.15, -0.1) is 0 Å². The smallest absolute Gasteiger partial charge is 0.251 e. The maximum Gasteiger partial charge on any atom is 0.251 e. The zero-order chi connectivity index (χ0) is 12.8. The second kappa shape index (κ2) is 6.02. The largest absolute Gasteiger partial charge is 0.353 e. The van der Waals surface area contributed by atoms with Gasteiger partial charge >= 0.3 is 0 Å². The van der Waals surface area contributed by atoms with Crippen LogP contribution >= 0.6 is 0 Å². The van der Waals surface area contributed by atoms with E-state index in [1.54, 1.807) is 12.1 Å². The van der Waals surface area contributed by atoms with Gasteiger partial charge in [-0.2, -0.15) is 0 Å². The fraction of sp³-hybridized carbons (Fsp3) is 0.214. The van der Waals surface area contributed by atoms with Crippen molar-refractivity contribution in [3.63, 3.8) is 0 Å². The minimum absolute atomic E-state index is 0.0503. The van der Waals surface area contributed by atoms with Gasteiger partial charge in [-0.3, -0.25) is 4.79 Å². The van der Waals surface area contributed by atoms with E-state index >= 15 is 0 Å². The van der Waals surface area contributed by atoms with Crippen LogP contribution < -0.4 is 11.1 Å². The SMILES string of the molecule is NCc1ccc(C(=O)NCCn2cccc2)cc1. The Morgan fingerprint density at radius 1 is 1.17 bits per heavy atom. The molecule has 1 aromatic heterocycles. The van der Waals surface area contributed by atoms with Crippen molar-refractivity contribution in [2.24, 2.45) is 5.73 Å². The highest BCUT2D eigenvalue weighted by atomic mass is 16.1. The molecule has 4 nitrogen and oxygen atoms in total. The summed E-state index contributed by atoms with van der Waals surface area (Å²) in [5, 5.41) is 2.88. The Balaban J connectivity index is 1.83. The number of aromatic nitrogens is 1. The zero-order valence-corrected chi connectivity index (χ0v) is 10.2. The van der Waals surface area contributed by atoms with E-state index in [0.717, 1.165) is 12.1 Å². The molecule has 0 spiro atoms. The summed E-state index contributed by atoms with van der Waals surface area (Å²) in [6.45, 7) is 1.89. The summed E-state index contributed by atoms with van der Waals surface area (Å²) in [6.07, 6.45) is 3.95. The lowest BCUT2D eigenvalue weighted by Gasteiger charge is -2.06. The van der Waals surface area contributed by atoms with Crippen LogP contribution in [0.4, 0.5) is 0 Å². The number of hydrogen-bond donors (Lipinski definition) is 2. The minimum Gasteiger partial charge on any atom is -0.353 e. The number of rotatable bonds is 5. The molecule has 0 saturated heterocycles. The fourth-order valence-electron chi connectivity index (χ4n) is 1.71. The molecule has 1 heterocycles. The van der Waals surface area contributed by atoms with Gasteiger partial charge in [0.25, 0.3) is 5.91 Å². The average Bonchev–Trinajstić information content (AvgIpc) is 2.92. The molecule has 0 radical (unpaired) electrons. The van der Waals surface area contributed by atoms with E-state index in [-0.39, 0.29) is 5.91 Å². The molecule has 18 heavy (non-hydrogen) atoms. The number of nitrogens with zero attached hydrogens (tertiary/aromatic N) is 1. The number of hydrogen-bond acceptors (Lipinski definition) is 2. The Morgan fingerprint density at radius 3 is 2.44 bits per heavy atom. The molecular weight excluding hydrogens is 226 g/mol. The van der Waals surface area contributed by atoms with Gasteiger partial charge in [-0.05, 0) is 29.8 Å². The lowest BCUT2D eigenvalue weighted by Crippen LogP contribution is -2.26. The molecule has 0 aliphatic heterocycles. The van der Waals surface area contributed by atoms with Crippen LogP contribution in [0, 0.1) is 0 Å². The molecular formula is C14H17N3O. The second-order valence-corrected chi connectivity index (χ2v) is 4.08. The molecule has 0 fully saturated rings. The molecule has 2 aromatic rings. The number of nitrogens with two attached hydrogens (primary N) is 1. The standard InChI is InChI=1S/C14H17N3O/c15-11-12-3-5-13(6-4-12)14(18)16-7-10-17-8-1-2-9-17/h1-6,8-9H,7,10-11,15H2,(H,16,18). The number of amides is 1. The Labute approximate surface area is 106 Å². The fourth-order valence-corrected chi connectivity index (χ4v) is 1.71. The highest BCUT2D eigenvalue weighted by Gasteiger charge is 2.03. The van der Waals surface area contributed by atoms with Gasteiger partial charge in [0.1, 0.15) is 0 Å². The van der Waals surface area contributed by atoms with Crippen LogP contribution in [0.5, 0.6) is 0 Å². The first-order valence-electron chi connectivity index (χ1n) is 5.97. The van der Waals surface area contributed by atoms with E-state index in [1.807, 2.05) is 41.2 Å². The van der Waals surface area contributed by atoms with Crippen molar-refractivity contribution in [2.75, 3.05) is 6.54 Å². The van der Waals surface area contributed by atoms with Crippen molar-refractivity contribution in [1.82, 2.24) is 9.88 Å². The molecule has 0 aliphatic rings. The topological polar surface area (TPSA) is 60.1 Å². The van der Waals surface area contributed by atoms with Gasteiger partial charge in [-0.1, -0.05) is 12.1 Å². The second-order valence-electron chi connectivity index (χ2n) is 4.08. The van der Waals surface area contributed by atoms with Gasteiger partial charge in [-0.25, -0.2) is 0 Å². The summed E-state index contributed by atoms with van der Waals surface area (Å²) in [7, 11) is 0. The third-order valence-electron chi connectivity index (χ3n) is 2.77. The molecule has 0 unspecified atom stereocenters. The summed E-state index contributed by atoms with van der Waals surface area (Å²) in [6, 6.07) is 11.3. The van der Waals surface area contributed by atoms with Crippen molar-refractivity contribution >= 4 is 5.91 Å². The Hall–Kier alpha value is -2.07. The lowest BCUT2D eigenvalue weighted by atomic mass is 10.1. The van der Waals surface area contributed by atoms with Crippen LogP contribution in [-0.4, -0.2) is 17.0 Å². The molecule has 4 heteroatoms. The molecule has 1 amide bonds. The molecule has 0 saturated carbocycles. The number of nitrogens with one attached hydrogen (secondary N) is 1. The normalized spacial score (nSPS) is 10.3. The van der Waals surface area contributed by atoms with E-state index in [9.17, 15) is 4.79 Å². The summed E-state index contributed by atoms with van der Waals surface area (Å²) in [5.74, 6) is -0.0503. The maximum absolute atomic E-state index is 11.8. The maximum atomic E-state index is 11.8. The van der Waals surface area contributed by atoms with Crippen molar-refractivity contribution < 1.29 is 4.79 Å². The first-order valence-corrected chi connectivity index (χ1v) is 5.97. The van der Waals surface area contributed by atoms with Crippen LogP contribution in [0.1, 0.15) is 15.9 Å². The van der Waals surface area contributed by atoms with Crippen molar-refractivity contribution in [3.05, 3.63) is 59.9 Å². The van der Waals surface area contributed by atoms with E-state index in [4.69, 9.17) is 5.73 Å². The highest BCUT2D eigenvalue weighted by Crippen LogP contribution is 2.03. The molecule has 2 rings (SSSR count). The number of carbonyl (C=O) groups excluding carboxylic acids is 1. The van der Waals surface area contributed by atoms with Gasteiger partial charge in [0.05, 0.1) is 0 Å². The first kappa shape index (κ1) is 12.4. The lowest BCUT2D eigenvalue weighted by molar-refractivity contribution is 0.0952. The van der Waals surface area contributed by atoms with Gasteiger partial charge in [0.2, 0.25) is 0 Å². The molecule has 1 aromatic carbocycles. The van der Waals surface area contributed by atoms with E-state index in [0.29, 0.717) is 18.7 Å². The van der Waals surface area contributed by atoms with Crippen LogP contribution in [-0.2, 0) is 13.1 Å². The minimum atomic E-state index is -0.0503. The van der Waals surface area contributed by atoms with E-state index in [2.05, 4.69) is 5.32 Å². The van der Waals surface area contributed by atoms with E-state index < -0.39 is 0 Å². The van der Waals surface area contributed by atoms with Gasteiger partial charge in [0, 0.05) is 37.6 Å². The Kier molecular flexibility index (Phi) is 4.15. The quantitative estimate of drug-likeness (QED) is 0.833. The molecule has 94 valence electrons. The highest BCUT2D eigenvalue weighted by molar-refractivity contribution is 5.94. The van der Waals surface area contributed by atoms with Crippen molar-refractivity contribution in [2.45, 2.75) is 13.1 Å². The summed E-state index contributed by atoms with van der Waals surface area (Å²) >= 11 is 0.